The van der Waals surface area contributed by atoms with Crippen molar-refractivity contribution in [2.24, 2.45) is 5.92 Å². The largest absolute Gasteiger partial charge is 0.309 e. The van der Waals surface area contributed by atoms with Gasteiger partial charge in [-0.25, -0.2) is 17.1 Å². The molecule has 2 aliphatic rings. The zero-order chi connectivity index (χ0) is 15.9. The average molecular weight is 326 g/mol. The fraction of sp³-hybridized carbons (Fsp3) is 0.533. The first-order valence-corrected chi connectivity index (χ1v) is 9.26. The second-order valence-corrected chi connectivity index (χ2v) is 7.91. The summed E-state index contributed by atoms with van der Waals surface area (Å²) in [6, 6.07) is 4.88. The van der Waals surface area contributed by atoms with Crippen LogP contribution in [0.4, 0.5) is 10.1 Å². The van der Waals surface area contributed by atoms with E-state index < -0.39 is 10.0 Å². The lowest BCUT2D eigenvalue weighted by Crippen LogP contribution is -2.44. The van der Waals surface area contributed by atoms with Gasteiger partial charge in [0.15, 0.2) is 0 Å². The monoisotopic (exact) mass is 326 g/mol. The summed E-state index contributed by atoms with van der Waals surface area (Å²) < 4.78 is 38.4. The normalized spacial score (nSPS) is 20.2. The van der Waals surface area contributed by atoms with Gasteiger partial charge in [-0.05, 0) is 30.9 Å². The Hall–Kier alpha value is -1.47. The predicted octanol–water partition coefficient (Wildman–Crippen LogP) is 1.39. The van der Waals surface area contributed by atoms with E-state index >= 15 is 0 Å². The summed E-state index contributed by atoms with van der Waals surface area (Å²) >= 11 is 0. The molecule has 1 aromatic rings. The molecule has 22 heavy (non-hydrogen) atoms. The van der Waals surface area contributed by atoms with Gasteiger partial charge in [-0.3, -0.25) is 4.79 Å². The van der Waals surface area contributed by atoms with Gasteiger partial charge < -0.3 is 4.90 Å². The number of sulfonamides is 1. The summed E-state index contributed by atoms with van der Waals surface area (Å²) in [4.78, 5) is 14.2. The van der Waals surface area contributed by atoms with Gasteiger partial charge in [-0.2, -0.15) is 0 Å². The zero-order valence-electron chi connectivity index (χ0n) is 12.5. The third kappa shape index (κ3) is 2.75. The van der Waals surface area contributed by atoms with Crippen molar-refractivity contribution in [3.63, 3.8) is 0 Å². The number of fused-ring (bicyclic) bond motifs is 1. The molecule has 0 atom stereocenters. The van der Waals surface area contributed by atoms with Gasteiger partial charge >= 0.3 is 0 Å². The van der Waals surface area contributed by atoms with Crippen LogP contribution < -0.4 is 4.90 Å². The van der Waals surface area contributed by atoms with Crippen molar-refractivity contribution in [3.05, 3.63) is 29.6 Å². The van der Waals surface area contributed by atoms with Gasteiger partial charge in [-0.1, -0.05) is 12.1 Å². The predicted molar refractivity (Wildman–Crippen MR) is 81.6 cm³/mol. The summed E-state index contributed by atoms with van der Waals surface area (Å²) in [6.45, 7) is 1.21. The Morgan fingerprint density at radius 2 is 1.91 bits per heavy atom. The molecule has 3 rings (SSSR count). The van der Waals surface area contributed by atoms with E-state index in [0.717, 1.165) is 5.56 Å². The van der Waals surface area contributed by atoms with E-state index in [2.05, 4.69) is 0 Å². The van der Waals surface area contributed by atoms with Gasteiger partial charge in [0, 0.05) is 25.6 Å². The van der Waals surface area contributed by atoms with Gasteiger partial charge in [0.1, 0.15) is 5.82 Å². The van der Waals surface area contributed by atoms with Crippen LogP contribution in [0, 0.1) is 11.7 Å². The Balaban J connectivity index is 1.73. The zero-order valence-corrected chi connectivity index (χ0v) is 13.3. The van der Waals surface area contributed by atoms with Gasteiger partial charge in [0.2, 0.25) is 15.9 Å². The number of anilines is 1. The van der Waals surface area contributed by atoms with Crippen LogP contribution in [0.2, 0.25) is 0 Å². The third-order valence-corrected chi connectivity index (χ3v) is 5.79. The molecular formula is C15H19FN2O3S. The Kier molecular flexibility index (Phi) is 3.94. The standard InChI is InChI=1S/C15H19FN2O3S/c1-22(20,21)17-8-5-12(6-9-17)15(19)18-10-7-11-3-2-4-13(16)14(11)18/h2-4,12H,5-10H2,1H3. The van der Waals surface area contributed by atoms with Crippen molar-refractivity contribution in [2.75, 3.05) is 30.8 Å². The molecule has 2 heterocycles. The molecule has 1 aromatic carbocycles. The number of nitrogens with zero attached hydrogens (tertiary/aromatic N) is 2. The molecule has 0 radical (unpaired) electrons. The molecule has 0 unspecified atom stereocenters. The fourth-order valence-corrected chi connectivity index (χ4v) is 4.16. The first kappa shape index (κ1) is 15.4. The van der Waals surface area contributed by atoms with Crippen molar-refractivity contribution in [1.29, 1.82) is 0 Å². The summed E-state index contributed by atoms with van der Waals surface area (Å²) in [5.41, 5.74) is 1.26. The Labute approximate surface area is 129 Å². The highest BCUT2D eigenvalue weighted by atomic mass is 32.2. The van der Waals surface area contributed by atoms with E-state index in [1.165, 1.54) is 21.5 Å². The number of halogens is 1. The molecule has 0 spiro atoms. The van der Waals surface area contributed by atoms with Crippen LogP contribution in [0.5, 0.6) is 0 Å². The molecule has 7 heteroatoms. The van der Waals surface area contributed by atoms with Gasteiger partial charge in [0.25, 0.3) is 0 Å². The number of carbonyl (C=O) groups is 1. The maximum Gasteiger partial charge on any atom is 0.230 e. The van der Waals surface area contributed by atoms with Crippen LogP contribution in [0.1, 0.15) is 18.4 Å². The van der Waals surface area contributed by atoms with Crippen LogP contribution in [0.3, 0.4) is 0 Å². The minimum atomic E-state index is -3.20. The maximum atomic E-state index is 14.0. The Bertz CT molecular complexity index is 697. The van der Waals surface area contributed by atoms with Crippen LogP contribution in [0.25, 0.3) is 0 Å². The lowest BCUT2D eigenvalue weighted by molar-refractivity contribution is -0.123. The molecule has 1 saturated heterocycles. The number of piperidine rings is 1. The number of rotatable bonds is 2. The number of hydrogen-bond acceptors (Lipinski definition) is 3. The number of benzene rings is 1. The van der Waals surface area contributed by atoms with E-state index in [0.29, 0.717) is 44.6 Å². The maximum absolute atomic E-state index is 14.0. The summed E-state index contributed by atoms with van der Waals surface area (Å²) in [5, 5.41) is 0. The summed E-state index contributed by atoms with van der Waals surface area (Å²) in [7, 11) is -3.20. The van der Waals surface area contributed by atoms with Gasteiger partial charge in [-0.15, -0.1) is 0 Å². The minimum absolute atomic E-state index is 0.0861. The Morgan fingerprint density at radius 3 is 2.55 bits per heavy atom. The van der Waals surface area contributed by atoms with E-state index in [4.69, 9.17) is 0 Å². The Morgan fingerprint density at radius 1 is 1.23 bits per heavy atom. The first-order valence-electron chi connectivity index (χ1n) is 7.42. The highest BCUT2D eigenvalue weighted by Crippen LogP contribution is 2.33. The van der Waals surface area contributed by atoms with Crippen LogP contribution in [-0.2, 0) is 21.2 Å². The van der Waals surface area contributed by atoms with Gasteiger partial charge in [0.05, 0.1) is 11.9 Å². The lowest BCUT2D eigenvalue weighted by atomic mass is 9.96. The second-order valence-electron chi connectivity index (χ2n) is 5.92. The molecule has 0 bridgehead atoms. The molecule has 0 saturated carbocycles. The molecule has 1 amide bonds. The number of carbonyl (C=O) groups excluding carboxylic acids is 1. The molecule has 1 fully saturated rings. The summed E-state index contributed by atoms with van der Waals surface area (Å²) in [6.07, 6.45) is 2.83. The second kappa shape index (κ2) is 5.62. The van der Waals surface area contributed by atoms with E-state index in [1.807, 2.05) is 6.07 Å². The van der Waals surface area contributed by atoms with Crippen molar-refractivity contribution in [1.82, 2.24) is 4.31 Å². The molecular weight excluding hydrogens is 307 g/mol. The topological polar surface area (TPSA) is 57.7 Å². The quantitative estimate of drug-likeness (QED) is 0.825. The first-order chi connectivity index (χ1) is 10.4. The van der Waals surface area contributed by atoms with E-state index in [9.17, 15) is 17.6 Å². The fourth-order valence-electron chi connectivity index (χ4n) is 3.28. The smallest absolute Gasteiger partial charge is 0.230 e. The van der Waals surface area contributed by atoms with Crippen LogP contribution in [0.15, 0.2) is 18.2 Å². The highest BCUT2D eigenvalue weighted by Gasteiger charge is 2.35. The molecule has 5 nitrogen and oxygen atoms in total. The molecule has 120 valence electrons. The minimum Gasteiger partial charge on any atom is -0.309 e. The third-order valence-electron chi connectivity index (χ3n) is 4.48. The number of para-hydroxylation sites is 1. The summed E-state index contributed by atoms with van der Waals surface area (Å²) in [5.74, 6) is -0.683. The van der Waals surface area contributed by atoms with Crippen molar-refractivity contribution >= 4 is 21.6 Å². The molecule has 0 N–H and O–H groups in total. The molecule has 2 aliphatic heterocycles. The number of amides is 1. The molecule has 0 aromatic heterocycles. The lowest BCUT2D eigenvalue weighted by Gasteiger charge is -2.31. The highest BCUT2D eigenvalue weighted by molar-refractivity contribution is 7.88. The van der Waals surface area contributed by atoms with E-state index in [1.54, 1.807) is 6.07 Å². The SMILES string of the molecule is CS(=O)(=O)N1CCC(C(=O)N2CCc3cccc(F)c32)CC1. The number of hydrogen-bond donors (Lipinski definition) is 0. The van der Waals surface area contributed by atoms with Crippen molar-refractivity contribution in [3.8, 4) is 0 Å². The molecule has 0 aliphatic carbocycles. The van der Waals surface area contributed by atoms with Crippen LogP contribution in [-0.4, -0.2) is 44.5 Å². The van der Waals surface area contributed by atoms with Crippen molar-refractivity contribution < 1.29 is 17.6 Å². The van der Waals surface area contributed by atoms with Crippen LogP contribution >= 0.6 is 0 Å². The van der Waals surface area contributed by atoms with E-state index in [-0.39, 0.29) is 17.6 Å². The average Bonchev–Trinajstić information content (AvgIpc) is 2.91. The van der Waals surface area contributed by atoms with Crippen molar-refractivity contribution in [2.45, 2.75) is 19.3 Å².